The molecule has 0 unspecified atom stereocenters. The Kier molecular flexibility index (Phi) is 6.02. The molecule has 0 saturated carbocycles. The van der Waals surface area contributed by atoms with Crippen LogP contribution >= 0.6 is 22.0 Å². The van der Waals surface area contributed by atoms with Crippen molar-refractivity contribution in [2.24, 2.45) is 0 Å². The molecule has 1 heterocycles. The number of benzene rings is 2. The lowest BCUT2D eigenvalue weighted by molar-refractivity contribution is -0.117. The van der Waals surface area contributed by atoms with Gasteiger partial charge in [0.25, 0.3) is 9.05 Å². The van der Waals surface area contributed by atoms with E-state index >= 15 is 0 Å². The monoisotopic (exact) mass is 456 g/mol. The SMILES string of the molecule is Cc1nc(N(C)C(=O)Cc2ccc(-c3cc(F)ccc3F)cc2)sc1S(=O)(=O)Cl. The average Bonchev–Trinajstić information content (AvgIpc) is 3.06. The van der Waals surface area contributed by atoms with Gasteiger partial charge >= 0.3 is 0 Å². The highest BCUT2D eigenvalue weighted by Crippen LogP contribution is 2.32. The Morgan fingerprint density at radius 1 is 1.17 bits per heavy atom. The molecule has 1 amide bonds. The second-order valence-corrected chi connectivity index (χ2v) is 10.00. The summed E-state index contributed by atoms with van der Waals surface area (Å²) in [7, 11) is 2.92. The van der Waals surface area contributed by atoms with Crippen LogP contribution in [0.3, 0.4) is 0 Å². The minimum Gasteiger partial charge on any atom is -0.291 e. The predicted molar refractivity (Wildman–Crippen MR) is 109 cm³/mol. The number of rotatable bonds is 5. The van der Waals surface area contributed by atoms with Crippen LogP contribution in [0.1, 0.15) is 11.3 Å². The van der Waals surface area contributed by atoms with Crippen LogP contribution in [-0.2, 0) is 20.3 Å². The Morgan fingerprint density at radius 3 is 2.41 bits per heavy atom. The molecule has 3 aromatic rings. The van der Waals surface area contributed by atoms with Gasteiger partial charge in [-0.2, -0.15) is 0 Å². The summed E-state index contributed by atoms with van der Waals surface area (Å²) in [6.45, 7) is 1.50. The molecule has 152 valence electrons. The van der Waals surface area contributed by atoms with E-state index in [0.29, 0.717) is 11.1 Å². The fourth-order valence-corrected chi connectivity index (χ4v) is 5.08. The van der Waals surface area contributed by atoms with Gasteiger partial charge in [-0.3, -0.25) is 9.69 Å². The smallest absolute Gasteiger partial charge is 0.272 e. The van der Waals surface area contributed by atoms with Crippen molar-refractivity contribution >= 4 is 42.1 Å². The van der Waals surface area contributed by atoms with E-state index in [9.17, 15) is 22.0 Å². The van der Waals surface area contributed by atoms with Crippen LogP contribution in [0.5, 0.6) is 0 Å². The third-order valence-electron chi connectivity index (χ3n) is 4.17. The molecule has 10 heteroatoms. The van der Waals surface area contributed by atoms with Gasteiger partial charge < -0.3 is 0 Å². The zero-order valence-corrected chi connectivity index (χ0v) is 17.7. The van der Waals surface area contributed by atoms with Crippen molar-refractivity contribution in [3.63, 3.8) is 0 Å². The van der Waals surface area contributed by atoms with Gasteiger partial charge in [0.15, 0.2) is 9.34 Å². The molecule has 29 heavy (non-hydrogen) atoms. The van der Waals surface area contributed by atoms with Crippen molar-refractivity contribution in [1.82, 2.24) is 4.98 Å². The van der Waals surface area contributed by atoms with Crippen molar-refractivity contribution in [2.45, 2.75) is 17.6 Å². The number of carbonyl (C=O) groups excluding carboxylic acids is 1. The van der Waals surface area contributed by atoms with E-state index in [2.05, 4.69) is 4.98 Å². The molecule has 0 saturated heterocycles. The second-order valence-electron chi connectivity index (χ2n) is 6.26. The second kappa shape index (κ2) is 8.17. The fraction of sp³-hybridized carbons (Fsp3) is 0.158. The maximum atomic E-state index is 13.9. The highest BCUT2D eigenvalue weighted by molar-refractivity contribution is 8.15. The molecular formula is C19H15ClF2N2O3S2. The number of nitrogens with zero attached hydrogens (tertiary/aromatic N) is 2. The van der Waals surface area contributed by atoms with Gasteiger partial charge in [-0.1, -0.05) is 35.6 Å². The Labute approximate surface area is 175 Å². The molecule has 3 rings (SSSR count). The summed E-state index contributed by atoms with van der Waals surface area (Å²) >= 11 is 0.813. The first-order valence-electron chi connectivity index (χ1n) is 8.29. The maximum absolute atomic E-state index is 13.9. The number of aromatic nitrogens is 1. The lowest BCUT2D eigenvalue weighted by Gasteiger charge is -2.14. The van der Waals surface area contributed by atoms with E-state index in [4.69, 9.17) is 10.7 Å². The van der Waals surface area contributed by atoms with Crippen LogP contribution in [0, 0.1) is 18.6 Å². The third kappa shape index (κ3) is 4.80. The molecule has 0 spiro atoms. The van der Waals surface area contributed by atoms with Gasteiger partial charge in [-0.05, 0) is 36.2 Å². The van der Waals surface area contributed by atoms with Crippen LogP contribution in [0.4, 0.5) is 13.9 Å². The molecule has 0 aliphatic rings. The van der Waals surface area contributed by atoms with Crippen molar-refractivity contribution in [3.8, 4) is 11.1 Å². The number of halogens is 3. The molecule has 0 bridgehead atoms. The lowest BCUT2D eigenvalue weighted by Crippen LogP contribution is -2.27. The Bertz CT molecular complexity index is 1180. The van der Waals surface area contributed by atoms with Gasteiger partial charge in [0, 0.05) is 23.3 Å². The highest BCUT2D eigenvalue weighted by atomic mass is 35.7. The summed E-state index contributed by atoms with van der Waals surface area (Å²) in [6, 6.07) is 9.71. The number of amides is 1. The number of thiazole rings is 1. The van der Waals surface area contributed by atoms with Crippen molar-refractivity contribution in [2.75, 3.05) is 11.9 Å². The van der Waals surface area contributed by atoms with Crippen molar-refractivity contribution in [3.05, 3.63) is 65.4 Å². The number of anilines is 1. The number of hydrogen-bond donors (Lipinski definition) is 0. The minimum atomic E-state index is -3.94. The zero-order valence-electron chi connectivity index (χ0n) is 15.3. The van der Waals surface area contributed by atoms with E-state index in [1.165, 1.54) is 18.9 Å². The van der Waals surface area contributed by atoms with Gasteiger partial charge in [-0.15, -0.1) is 0 Å². The van der Waals surface area contributed by atoms with Crippen LogP contribution in [0.2, 0.25) is 0 Å². The summed E-state index contributed by atoms with van der Waals surface area (Å²) in [5.74, 6) is -1.40. The first-order chi connectivity index (χ1) is 13.6. The first kappa shape index (κ1) is 21.4. The summed E-state index contributed by atoms with van der Waals surface area (Å²) in [5, 5.41) is 0.213. The van der Waals surface area contributed by atoms with E-state index in [0.717, 1.165) is 29.5 Å². The maximum Gasteiger partial charge on any atom is 0.272 e. The van der Waals surface area contributed by atoms with Crippen LogP contribution in [0.15, 0.2) is 46.7 Å². The Morgan fingerprint density at radius 2 is 1.83 bits per heavy atom. The standard InChI is InChI=1S/C19H15ClF2N2O3S2/c1-11-18(29(20,26)27)28-19(23-11)24(2)17(25)9-12-3-5-13(6-4-12)15-10-14(21)7-8-16(15)22/h3-8,10H,9H2,1-2H3. The van der Waals surface area contributed by atoms with E-state index in [1.54, 1.807) is 24.3 Å². The lowest BCUT2D eigenvalue weighted by atomic mass is 10.0. The zero-order chi connectivity index (χ0) is 21.3. The van der Waals surface area contributed by atoms with Gasteiger partial charge in [-0.25, -0.2) is 22.2 Å². The molecule has 5 nitrogen and oxygen atoms in total. The van der Waals surface area contributed by atoms with Gasteiger partial charge in [0.2, 0.25) is 5.91 Å². The summed E-state index contributed by atoms with van der Waals surface area (Å²) in [6.07, 6.45) is 0.0179. The summed E-state index contributed by atoms with van der Waals surface area (Å²) in [4.78, 5) is 17.9. The largest absolute Gasteiger partial charge is 0.291 e. The molecule has 0 N–H and O–H groups in total. The van der Waals surface area contributed by atoms with E-state index < -0.39 is 20.7 Å². The minimum absolute atomic E-state index is 0.0179. The van der Waals surface area contributed by atoms with E-state index in [1.807, 2.05) is 0 Å². The van der Waals surface area contributed by atoms with Gasteiger partial charge in [0.1, 0.15) is 11.6 Å². The summed E-state index contributed by atoms with van der Waals surface area (Å²) < 4.78 is 50.2. The third-order valence-corrected chi connectivity index (χ3v) is 7.59. The molecular weight excluding hydrogens is 442 g/mol. The van der Waals surface area contributed by atoms with Gasteiger partial charge in [0.05, 0.1) is 12.1 Å². The quantitative estimate of drug-likeness (QED) is 0.529. The van der Waals surface area contributed by atoms with Crippen molar-refractivity contribution in [1.29, 1.82) is 0 Å². The topological polar surface area (TPSA) is 67.3 Å². The predicted octanol–water partition coefficient (Wildman–Crippen LogP) is 4.53. The number of likely N-dealkylation sites (N-methyl/N-ethyl adjacent to an activating group) is 1. The Hall–Kier alpha value is -2.36. The molecule has 0 fully saturated rings. The van der Waals surface area contributed by atoms with E-state index in [-0.39, 0.29) is 32.9 Å². The number of aryl methyl sites for hydroxylation is 1. The van der Waals surface area contributed by atoms with Crippen LogP contribution in [-0.4, -0.2) is 26.4 Å². The van der Waals surface area contributed by atoms with Crippen molar-refractivity contribution < 1.29 is 22.0 Å². The molecule has 0 radical (unpaired) electrons. The molecule has 0 atom stereocenters. The summed E-state index contributed by atoms with van der Waals surface area (Å²) in [5.41, 5.74) is 1.49. The molecule has 2 aromatic carbocycles. The molecule has 1 aromatic heterocycles. The first-order valence-corrected chi connectivity index (χ1v) is 11.4. The number of hydrogen-bond acceptors (Lipinski definition) is 5. The van der Waals surface area contributed by atoms with Crippen LogP contribution in [0.25, 0.3) is 11.1 Å². The fourth-order valence-electron chi connectivity index (χ4n) is 2.66. The number of carbonyl (C=O) groups is 1. The normalized spacial score (nSPS) is 11.5. The average molecular weight is 457 g/mol. The highest BCUT2D eigenvalue weighted by Gasteiger charge is 2.23. The Balaban J connectivity index is 1.76. The molecule has 0 aliphatic carbocycles. The van der Waals surface area contributed by atoms with Crippen LogP contribution < -0.4 is 4.90 Å². The molecule has 0 aliphatic heterocycles.